The normalized spacial score (nSPS) is 23.0. The first-order valence-corrected chi connectivity index (χ1v) is 7.62. The number of nitrogens with zero attached hydrogens (tertiary/aromatic N) is 2. The Balaban J connectivity index is 1.71. The minimum atomic E-state index is -0.402. The molecule has 0 bridgehead atoms. The van der Waals surface area contributed by atoms with Gasteiger partial charge in [0.25, 0.3) is 0 Å². The Morgan fingerprint density at radius 3 is 2.77 bits per heavy atom. The van der Waals surface area contributed by atoms with Crippen molar-refractivity contribution in [2.24, 2.45) is 11.7 Å². The number of carbonyl (C=O) groups excluding carboxylic acids is 2. The molecule has 1 atom stereocenters. The highest BCUT2D eigenvalue weighted by atomic mass is 16.5. The zero-order valence-electron chi connectivity index (χ0n) is 12.5. The fraction of sp³-hybridized carbons (Fsp3) is 0.500. The average Bonchev–Trinajstić information content (AvgIpc) is 2.91. The molecule has 2 saturated heterocycles. The molecule has 2 heterocycles. The number of hydrogen-bond acceptors (Lipinski definition) is 4. The average molecular weight is 303 g/mol. The second-order valence-corrected chi connectivity index (χ2v) is 5.87. The Kier molecular flexibility index (Phi) is 4.40. The molecule has 118 valence electrons. The SMILES string of the molecule is NC(=O)C1CC(=O)N(c2cccc(CN3CCOCC3)c2)C1. The number of anilines is 1. The Morgan fingerprint density at radius 2 is 2.09 bits per heavy atom. The van der Waals surface area contributed by atoms with Crippen LogP contribution in [0.3, 0.4) is 0 Å². The van der Waals surface area contributed by atoms with Gasteiger partial charge in [-0.15, -0.1) is 0 Å². The lowest BCUT2D eigenvalue weighted by atomic mass is 10.1. The second kappa shape index (κ2) is 6.46. The summed E-state index contributed by atoms with van der Waals surface area (Å²) >= 11 is 0. The molecule has 0 spiro atoms. The van der Waals surface area contributed by atoms with Crippen LogP contribution in [0.2, 0.25) is 0 Å². The van der Waals surface area contributed by atoms with E-state index in [2.05, 4.69) is 11.0 Å². The highest BCUT2D eigenvalue weighted by molar-refractivity contribution is 6.00. The first kappa shape index (κ1) is 15.0. The standard InChI is InChI=1S/C16H21N3O3/c17-16(21)13-9-15(20)19(11-13)14-3-1-2-12(8-14)10-18-4-6-22-7-5-18/h1-3,8,13H,4-7,9-11H2,(H2,17,21). The van der Waals surface area contributed by atoms with Crippen LogP contribution >= 0.6 is 0 Å². The number of morpholine rings is 1. The third kappa shape index (κ3) is 3.28. The molecule has 2 aliphatic heterocycles. The molecule has 0 aliphatic carbocycles. The van der Waals surface area contributed by atoms with Crippen molar-refractivity contribution in [3.63, 3.8) is 0 Å². The van der Waals surface area contributed by atoms with Crippen LogP contribution < -0.4 is 10.6 Å². The molecule has 0 radical (unpaired) electrons. The molecule has 6 heteroatoms. The summed E-state index contributed by atoms with van der Waals surface area (Å²) in [5.74, 6) is -0.817. The molecule has 2 N–H and O–H groups in total. The van der Waals surface area contributed by atoms with Crippen molar-refractivity contribution in [1.82, 2.24) is 4.90 Å². The van der Waals surface area contributed by atoms with Gasteiger partial charge >= 0.3 is 0 Å². The number of carbonyl (C=O) groups is 2. The van der Waals surface area contributed by atoms with Crippen molar-refractivity contribution in [3.05, 3.63) is 29.8 Å². The number of benzene rings is 1. The van der Waals surface area contributed by atoms with Crippen LogP contribution in [0.5, 0.6) is 0 Å². The van der Waals surface area contributed by atoms with E-state index >= 15 is 0 Å². The third-order valence-electron chi connectivity index (χ3n) is 4.26. The van der Waals surface area contributed by atoms with Crippen LogP contribution in [-0.4, -0.2) is 49.6 Å². The van der Waals surface area contributed by atoms with Gasteiger partial charge in [0, 0.05) is 38.3 Å². The number of primary amides is 1. The zero-order chi connectivity index (χ0) is 15.5. The molecule has 2 amide bonds. The van der Waals surface area contributed by atoms with E-state index in [9.17, 15) is 9.59 Å². The van der Waals surface area contributed by atoms with E-state index in [0.29, 0.717) is 6.54 Å². The largest absolute Gasteiger partial charge is 0.379 e. The van der Waals surface area contributed by atoms with Crippen LogP contribution in [0.4, 0.5) is 5.69 Å². The molecular weight excluding hydrogens is 282 g/mol. The van der Waals surface area contributed by atoms with Crippen molar-refractivity contribution in [3.8, 4) is 0 Å². The number of rotatable bonds is 4. The van der Waals surface area contributed by atoms with Gasteiger partial charge < -0.3 is 15.4 Å². The number of ether oxygens (including phenoxy) is 1. The van der Waals surface area contributed by atoms with Crippen molar-refractivity contribution >= 4 is 17.5 Å². The van der Waals surface area contributed by atoms with Crippen molar-refractivity contribution in [2.75, 3.05) is 37.7 Å². The molecule has 3 rings (SSSR count). The number of hydrogen-bond donors (Lipinski definition) is 1. The summed E-state index contributed by atoms with van der Waals surface area (Å²) in [6.07, 6.45) is 0.211. The van der Waals surface area contributed by atoms with E-state index in [1.807, 2.05) is 18.2 Å². The van der Waals surface area contributed by atoms with E-state index < -0.39 is 5.91 Å². The lowest BCUT2D eigenvalue weighted by Crippen LogP contribution is -2.35. The van der Waals surface area contributed by atoms with Gasteiger partial charge in [-0.25, -0.2) is 0 Å². The number of nitrogens with two attached hydrogens (primary N) is 1. The lowest BCUT2D eigenvalue weighted by molar-refractivity contribution is -0.123. The van der Waals surface area contributed by atoms with Crippen molar-refractivity contribution in [1.29, 1.82) is 0 Å². The fourth-order valence-electron chi connectivity index (χ4n) is 2.99. The first-order chi connectivity index (χ1) is 10.6. The van der Waals surface area contributed by atoms with Gasteiger partial charge in [-0.1, -0.05) is 12.1 Å². The highest BCUT2D eigenvalue weighted by Gasteiger charge is 2.33. The predicted octanol–water partition coefficient (Wildman–Crippen LogP) is 0.357. The molecule has 1 unspecified atom stereocenters. The molecule has 6 nitrogen and oxygen atoms in total. The minimum Gasteiger partial charge on any atom is -0.379 e. The topological polar surface area (TPSA) is 75.9 Å². The summed E-state index contributed by atoms with van der Waals surface area (Å²) in [6, 6.07) is 7.95. The van der Waals surface area contributed by atoms with Gasteiger partial charge in [0.1, 0.15) is 0 Å². The highest BCUT2D eigenvalue weighted by Crippen LogP contribution is 2.26. The quantitative estimate of drug-likeness (QED) is 0.871. The van der Waals surface area contributed by atoms with Crippen LogP contribution in [0.25, 0.3) is 0 Å². The monoisotopic (exact) mass is 303 g/mol. The molecule has 0 saturated carbocycles. The predicted molar refractivity (Wildman–Crippen MR) is 82.2 cm³/mol. The number of amides is 2. The summed E-state index contributed by atoms with van der Waals surface area (Å²) in [4.78, 5) is 27.4. The lowest BCUT2D eigenvalue weighted by Gasteiger charge is -2.27. The maximum Gasteiger partial charge on any atom is 0.227 e. The minimum absolute atomic E-state index is 0.0349. The summed E-state index contributed by atoms with van der Waals surface area (Å²) in [5.41, 5.74) is 7.33. The van der Waals surface area contributed by atoms with Crippen LogP contribution in [0.1, 0.15) is 12.0 Å². The maximum atomic E-state index is 12.1. The Bertz CT molecular complexity index is 570. The van der Waals surface area contributed by atoms with E-state index in [4.69, 9.17) is 10.5 Å². The molecular formula is C16H21N3O3. The fourth-order valence-corrected chi connectivity index (χ4v) is 2.99. The summed E-state index contributed by atoms with van der Waals surface area (Å²) in [7, 11) is 0. The van der Waals surface area contributed by atoms with Crippen LogP contribution in [0.15, 0.2) is 24.3 Å². The van der Waals surface area contributed by atoms with E-state index in [-0.39, 0.29) is 18.2 Å². The Morgan fingerprint density at radius 1 is 1.32 bits per heavy atom. The molecule has 1 aromatic rings. The van der Waals surface area contributed by atoms with Gasteiger partial charge in [0.2, 0.25) is 11.8 Å². The smallest absolute Gasteiger partial charge is 0.227 e. The summed E-state index contributed by atoms with van der Waals surface area (Å²) in [6.45, 7) is 4.62. The summed E-state index contributed by atoms with van der Waals surface area (Å²) in [5, 5.41) is 0. The van der Waals surface area contributed by atoms with Crippen molar-refractivity contribution < 1.29 is 14.3 Å². The second-order valence-electron chi connectivity index (χ2n) is 5.87. The van der Waals surface area contributed by atoms with Gasteiger partial charge in [-0.05, 0) is 17.7 Å². The zero-order valence-corrected chi connectivity index (χ0v) is 12.5. The van der Waals surface area contributed by atoms with Gasteiger partial charge in [0.15, 0.2) is 0 Å². The maximum absolute atomic E-state index is 12.1. The Hall–Kier alpha value is -1.92. The molecule has 2 aliphatic rings. The van der Waals surface area contributed by atoms with E-state index in [1.54, 1.807) is 4.90 Å². The van der Waals surface area contributed by atoms with Gasteiger partial charge in [0.05, 0.1) is 19.1 Å². The third-order valence-corrected chi connectivity index (χ3v) is 4.26. The van der Waals surface area contributed by atoms with Crippen LogP contribution in [0, 0.1) is 5.92 Å². The summed E-state index contributed by atoms with van der Waals surface area (Å²) < 4.78 is 5.35. The first-order valence-electron chi connectivity index (χ1n) is 7.62. The van der Waals surface area contributed by atoms with Gasteiger partial charge in [-0.2, -0.15) is 0 Å². The van der Waals surface area contributed by atoms with E-state index in [0.717, 1.165) is 44.1 Å². The van der Waals surface area contributed by atoms with Crippen LogP contribution in [-0.2, 0) is 20.9 Å². The molecule has 0 aromatic heterocycles. The van der Waals surface area contributed by atoms with E-state index in [1.165, 1.54) is 0 Å². The molecule has 22 heavy (non-hydrogen) atoms. The molecule has 1 aromatic carbocycles. The van der Waals surface area contributed by atoms with Crippen molar-refractivity contribution in [2.45, 2.75) is 13.0 Å². The van der Waals surface area contributed by atoms with Gasteiger partial charge in [-0.3, -0.25) is 14.5 Å². The Labute approximate surface area is 129 Å². The molecule has 2 fully saturated rings.